The van der Waals surface area contributed by atoms with Crippen molar-refractivity contribution < 1.29 is 8.78 Å². The molecular weight excluding hydrogens is 248 g/mol. The summed E-state index contributed by atoms with van der Waals surface area (Å²) in [4.78, 5) is 2.08. The van der Waals surface area contributed by atoms with Gasteiger partial charge in [0.15, 0.2) is 0 Å². The van der Waals surface area contributed by atoms with Gasteiger partial charge in [-0.2, -0.15) is 0 Å². The summed E-state index contributed by atoms with van der Waals surface area (Å²) >= 11 is 0. The molecule has 3 N–H and O–H groups in total. The number of rotatable bonds is 4. The Hall–Kier alpha value is -1.04. The van der Waals surface area contributed by atoms with E-state index in [4.69, 9.17) is 5.84 Å². The number of likely N-dealkylation sites (N-methyl/N-ethyl adjacent to an activating group) is 1. The molecule has 0 bridgehead atoms. The Labute approximate surface area is 112 Å². The second-order valence-electron chi connectivity index (χ2n) is 5.47. The Morgan fingerprint density at radius 1 is 1.26 bits per heavy atom. The lowest BCUT2D eigenvalue weighted by molar-refractivity contribution is 0.103. The minimum absolute atomic E-state index is 0.261. The number of nitrogens with two attached hydrogens (primary N) is 1. The summed E-state index contributed by atoms with van der Waals surface area (Å²) in [7, 11) is 3.93. The topological polar surface area (TPSA) is 41.3 Å². The lowest BCUT2D eigenvalue weighted by Gasteiger charge is -2.43. The van der Waals surface area contributed by atoms with Gasteiger partial charge in [-0.15, -0.1) is 0 Å². The number of hydrogen-bond donors (Lipinski definition) is 2. The summed E-state index contributed by atoms with van der Waals surface area (Å²) in [5.74, 6) is 4.80. The Morgan fingerprint density at radius 2 is 1.89 bits per heavy atom. The molecule has 1 saturated carbocycles. The van der Waals surface area contributed by atoms with Gasteiger partial charge in [0.05, 0.1) is 6.04 Å². The van der Waals surface area contributed by atoms with Gasteiger partial charge in [-0.05, 0) is 45.1 Å². The monoisotopic (exact) mass is 269 g/mol. The van der Waals surface area contributed by atoms with Gasteiger partial charge in [-0.1, -0.05) is 12.8 Å². The van der Waals surface area contributed by atoms with Crippen molar-refractivity contribution in [2.24, 2.45) is 5.84 Å². The highest BCUT2D eigenvalue weighted by atomic mass is 19.1. The van der Waals surface area contributed by atoms with Crippen molar-refractivity contribution >= 4 is 0 Å². The summed E-state index contributed by atoms with van der Waals surface area (Å²) in [6.45, 7) is 0. The molecule has 1 aliphatic carbocycles. The first kappa shape index (κ1) is 14.4. The summed E-state index contributed by atoms with van der Waals surface area (Å²) in [5.41, 5.74) is 2.75. The van der Waals surface area contributed by atoms with E-state index in [-0.39, 0.29) is 5.54 Å². The Kier molecular flexibility index (Phi) is 4.18. The molecule has 106 valence electrons. The molecular formula is C14H21F2N3. The summed E-state index contributed by atoms with van der Waals surface area (Å²) in [6, 6.07) is 3.11. The van der Waals surface area contributed by atoms with Gasteiger partial charge in [0.1, 0.15) is 11.6 Å². The van der Waals surface area contributed by atoms with Gasteiger partial charge >= 0.3 is 0 Å². The van der Waals surface area contributed by atoms with Crippen LogP contribution in [-0.2, 0) is 0 Å². The molecule has 0 aliphatic heterocycles. The minimum atomic E-state index is -0.441. The van der Waals surface area contributed by atoms with Crippen LogP contribution in [0.25, 0.3) is 0 Å². The van der Waals surface area contributed by atoms with Crippen LogP contribution in [0.5, 0.6) is 0 Å². The highest BCUT2D eigenvalue weighted by Crippen LogP contribution is 2.43. The molecule has 0 amide bonds. The molecule has 0 aromatic heterocycles. The van der Waals surface area contributed by atoms with E-state index in [0.717, 1.165) is 37.8 Å². The van der Waals surface area contributed by atoms with Crippen molar-refractivity contribution in [3.63, 3.8) is 0 Å². The van der Waals surface area contributed by atoms with Crippen molar-refractivity contribution in [2.75, 3.05) is 14.1 Å². The maximum atomic E-state index is 14.0. The first-order valence-electron chi connectivity index (χ1n) is 6.60. The highest BCUT2D eigenvalue weighted by molar-refractivity contribution is 5.26. The van der Waals surface area contributed by atoms with Gasteiger partial charge in [-0.3, -0.25) is 11.3 Å². The van der Waals surface area contributed by atoms with Gasteiger partial charge in [0.2, 0.25) is 0 Å². The van der Waals surface area contributed by atoms with E-state index >= 15 is 0 Å². The van der Waals surface area contributed by atoms with Gasteiger partial charge in [0, 0.05) is 11.1 Å². The maximum Gasteiger partial charge on any atom is 0.128 e. The predicted octanol–water partition coefficient (Wildman–Crippen LogP) is 2.34. The zero-order valence-corrected chi connectivity index (χ0v) is 11.4. The fraction of sp³-hybridized carbons (Fsp3) is 0.571. The Morgan fingerprint density at radius 3 is 2.42 bits per heavy atom. The second-order valence-corrected chi connectivity index (χ2v) is 5.47. The van der Waals surface area contributed by atoms with Crippen LogP contribution < -0.4 is 11.3 Å². The minimum Gasteiger partial charge on any atom is -0.302 e. The number of halogens is 2. The van der Waals surface area contributed by atoms with Crippen molar-refractivity contribution in [3.8, 4) is 0 Å². The molecule has 1 aliphatic rings. The van der Waals surface area contributed by atoms with Crippen LogP contribution >= 0.6 is 0 Å². The first-order valence-corrected chi connectivity index (χ1v) is 6.60. The smallest absolute Gasteiger partial charge is 0.128 e. The fourth-order valence-electron chi connectivity index (χ4n) is 3.25. The zero-order valence-electron chi connectivity index (χ0n) is 11.4. The van der Waals surface area contributed by atoms with Crippen molar-refractivity contribution in [1.82, 2.24) is 10.3 Å². The zero-order chi connectivity index (χ0) is 14.0. The molecule has 0 saturated heterocycles. The van der Waals surface area contributed by atoms with Gasteiger partial charge in [0.25, 0.3) is 0 Å². The van der Waals surface area contributed by atoms with E-state index in [0.29, 0.717) is 5.56 Å². The third-order valence-corrected chi connectivity index (χ3v) is 4.33. The summed E-state index contributed by atoms with van der Waals surface area (Å²) in [6.07, 6.45) is 4.00. The molecule has 0 heterocycles. The van der Waals surface area contributed by atoms with Crippen LogP contribution in [0.3, 0.4) is 0 Å². The molecule has 1 atom stereocenters. The summed E-state index contributed by atoms with van der Waals surface area (Å²) < 4.78 is 27.4. The van der Waals surface area contributed by atoms with Crippen LogP contribution in [-0.4, -0.2) is 24.5 Å². The molecule has 5 heteroatoms. The average Bonchev–Trinajstić information content (AvgIpc) is 2.85. The van der Waals surface area contributed by atoms with Gasteiger partial charge < -0.3 is 4.90 Å². The third-order valence-electron chi connectivity index (χ3n) is 4.33. The number of nitrogens with zero attached hydrogens (tertiary/aromatic N) is 1. The number of hydrogen-bond acceptors (Lipinski definition) is 3. The standard InChI is InChI=1S/C14H21F2N3/c1-19(2)14(7-3-4-8-14)13(18-17)11-9-10(15)5-6-12(11)16/h5-6,9,13,18H,3-4,7-8,17H2,1-2H3. The van der Waals surface area contributed by atoms with E-state index in [1.807, 2.05) is 14.1 Å². The van der Waals surface area contributed by atoms with Gasteiger partial charge in [-0.25, -0.2) is 8.78 Å². The average molecular weight is 269 g/mol. The highest BCUT2D eigenvalue weighted by Gasteiger charge is 2.44. The van der Waals surface area contributed by atoms with Crippen LogP contribution in [0.1, 0.15) is 37.3 Å². The molecule has 19 heavy (non-hydrogen) atoms. The maximum absolute atomic E-state index is 14.0. The molecule has 1 aromatic rings. The first-order chi connectivity index (χ1) is 9.01. The Balaban J connectivity index is 2.45. The Bertz CT molecular complexity index is 442. The SMILES string of the molecule is CN(C)C1(C(NN)c2cc(F)ccc2F)CCCC1. The van der Waals surface area contributed by atoms with Crippen molar-refractivity contribution in [3.05, 3.63) is 35.4 Å². The number of nitrogens with one attached hydrogen (secondary N) is 1. The van der Waals surface area contributed by atoms with E-state index < -0.39 is 17.7 Å². The molecule has 1 fully saturated rings. The lowest BCUT2D eigenvalue weighted by Crippen LogP contribution is -2.53. The predicted molar refractivity (Wildman–Crippen MR) is 71.3 cm³/mol. The summed E-state index contributed by atoms with van der Waals surface area (Å²) in [5, 5.41) is 0. The van der Waals surface area contributed by atoms with Crippen LogP contribution in [0.4, 0.5) is 8.78 Å². The van der Waals surface area contributed by atoms with Crippen LogP contribution in [0.2, 0.25) is 0 Å². The lowest BCUT2D eigenvalue weighted by atomic mass is 9.82. The van der Waals surface area contributed by atoms with E-state index in [2.05, 4.69) is 10.3 Å². The largest absolute Gasteiger partial charge is 0.302 e. The normalized spacial score (nSPS) is 19.9. The number of benzene rings is 1. The van der Waals surface area contributed by atoms with E-state index in [1.54, 1.807) is 0 Å². The quantitative estimate of drug-likeness (QED) is 0.651. The number of hydrazine groups is 1. The second kappa shape index (κ2) is 5.53. The molecule has 0 radical (unpaired) electrons. The van der Waals surface area contributed by atoms with E-state index in [1.165, 1.54) is 6.07 Å². The molecule has 1 aromatic carbocycles. The molecule has 3 nitrogen and oxygen atoms in total. The van der Waals surface area contributed by atoms with Crippen molar-refractivity contribution in [2.45, 2.75) is 37.3 Å². The van der Waals surface area contributed by atoms with Crippen molar-refractivity contribution in [1.29, 1.82) is 0 Å². The molecule has 2 rings (SSSR count). The third kappa shape index (κ3) is 2.50. The fourth-order valence-corrected chi connectivity index (χ4v) is 3.25. The molecule has 0 spiro atoms. The molecule has 1 unspecified atom stereocenters. The van der Waals surface area contributed by atoms with E-state index in [9.17, 15) is 8.78 Å². The van der Waals surface area contributed by atoms with Crippen LogP contribution in [0, 0.1) is 11.6 Å². The van der Waals surface area contributed by atoms with Crippen LogP contribution in [0.15, 0.2) is 18.2 Å².